The maximum Gasteiger partial charge on any atom is 0.240 e. The summed E-state index contributed by atoms with van der Waals surface area (Å²) in [5.74, 6) is 0.471. The van der Waals surface area contributed by atoms with Crippen molar-refractivity contribution in [3.8, 4) is 0 Å². The number of sulfonamides is 1. The molecule has 1 aromatic rings. The van der Waals surface area contributed by atoms with Crippen molar-refractivity contribution >= 4 is 10.0 Å². The summed E-state index contributed by atoms with van der Waals surface area (Å²) in [5.41, 5.74) is 0.944. The first-order chi connectivity index (χ1) is 10.1. The van der Waals surface area contributed by atoms with Gasteiger partial charge in [-0.25, -0.2) is 13.1 Å². The summed E-state index contributed by atoms with van der Waals surface area (Å²) in [6.45, 7) is 3.09. The van der Waals surface area contributed by atoms with Crippen LogP contribution in [0.3, 0.4) is 0 Å². The van der Waals surface area contributed by atoms with E-state index in [1.54, 1.807) is 24.3 Å². The minimum atomic E-state index is -3.45. The summed E-state index contributed by atoms with van der Waals surface area (Å²) in [6.07, 6.45) is 2.72. The fourth-order valence-electron chi connectivity index (χ4n) is 3.33. The molecule has 0 aliphatic carbocycles. The highest BCUT2D eigenvalue weighted by Gasteiger charge is 2.36. The van der Waals surface area contributed by atoms with Crippen LogP contribution in [0.5, 0.6) is 0 Å². The number of benzene rings is 1. The molecule has 5 nitrogen and oxygen atoms in total. The molecule has 21 heavy (non-hydrogen) atoms. The Morgan fingerprint density at radius 2 is 1.86 bits per heavy atom. The molecule has 3 aliphatic heterocycles. The number of nitrogens with one attached hydrogen (secondary N) is 1. The van der Waals surface area contributed by atoms with Gasteiger partial charge in [0.2, 0.25) is 10.0 Å². The Hall–Kier alpha value is -0.950. The zero-order valence-electron chi connectivity index (χ0n) is 12.0. The third-order valence-corrected chi connectivity index (χ3v) is 6.10. The molecule has 2 N–H and O–H groups in total. The molecule has 0 aromatic heterocycles. The molecule has 3 aliphatic rings. The van der Waals surface area contributed by atoms with Gasteiger partial charge in [-0.15, -0.1) is 0 Å². The first-order valence-corrected chi connectivity index (χ1v) is 9.01. The van der Waals surface area contributed by atoms with Gasteiger partial charge in [0, 0.05) is 19.2 Å². The number of aliphatic hydroxyl groups excluding tert-OH is 1. The van der Waals surface area contributed by atoms with E-state index in [1.807, 2.05) is 0 Å². The zero-order valence-corrected chi connectivity index (χ0v) is 12.8. The Bertz CT molecular complexity index is 577. The summed E-state index contributed by atoms with van der Waals surface area (Å²) in [7, 11) is -3.45. The monoisotopic (exact) mass is 310 g/mol. The summed E-state index contributed by atoms with van der Waals surface area (Å²) < 4.78 is 27.8. The molecule has 116 valence electrons. The van der Waals surface area contributed by atoms with Gasteiger partial charge in [0.25, 0.3) is 0 Å². The molecule has 6 heteroatoms. The number of piperidine rings is 3. The number of nitrogens with zero attached hydrogens (tertiary/aromatic N) is 1. The maximum absolute atomic E-state index is 12.5. The first-order valence-electron chi connectivity index (χ1n) is 7.53. The molecule has 0 amide bonds. The average Bonchev–Trinajstić information content (AvgIpc) is 2.49. The molecule has 4 rings (SSSR count). The topological polar surface area (TPSA) is 69.6 Å². The summed E-state index contributed by atoms with van der Waals surface area (Å²) >= 11 is 0. The zero-order chi connectivity index (χ0) is 14.9. The van der Waals surface area contributed by atoms with E-state index in [-0.39, 0.29) is 12.6 Å². The van der Waals surface area contributed by atoms with Crippen molar-refractivity contribution in [2.45, 2.75) is 30.2 Å². The van der Waals surface area contributed by atoms with E-state index < -0.39 is 10.0 Å². The van der Waals surface area contributed by atoms with E-state index in [0.717, 1.165) is 38.0 Å². The number of fused-ring (bicyclic) bond motifs is 3. The lowest BCUT2D eigenvalue weighted by Gasteiger charge is -2.44. The number of hydrogen-bond acceptors (Lipinski definition) is 4. The Kier molecular flexibility index (Phi) is 4.31. The van der Waals surface area contributed by atoms with E-state index in [2.05, 4.69) is 9.62 Å². The van der Waals surface area contributed by atoms with Gasteiger partial charge in [0.05, 0.1) is 4.90 Å². The van der Waals surface area contributed by atoms with Crippen molar-refractivity contribution in [1.29, 1.82) is 0 Å². The number of hydrogen-bond donors (Lipinski definition) is 2. The Morgan fingerprint density at radius 1 is 1.19 bits per heavy atom. The van der Waals surface area contributed by atoms with Crippen LogP contribution in [0.25, 0.3) is 0 Å². The molecule has 0 radical (unpaired) electrons. The van der Waals surface area contributed by atoms with Crippen LogP contribution in [0.2, 0.25) is 0 Å². The molecule has 3 heterocycles. The van der Waals surface area contributed by atoms with Crippen LogP contribution in [-0.2, 0) is 16.4 Å². The van der Waals surface area contributed by atoms with Crippen LogP contribution in [0.4, 0.5) is 0 Å². The molecule has 1 unspecified atom stereocenters. The molecule has 2 bridgehead atoms. The largest absolute Gasteiger partial charge is 0.396 e. The third-order valence-electron chi connectivity index (χ3n) is 4.60. The highest BCUT2D eigenvalue weighted by atomic mass is 32.2. The molecule has 0 saturated carbocycles. The molecule has 1 aromatic carbocycles. The van der Waals surface area contributed by atoms with Crippen LogP contribution >= 0.6 is 0 Å². The van der Waals surface area contributed by atoms with Gasteiger partial charge in [0.15, 0.2) is 0 Å². The van der Waals surface area contributed by atoms with Crippen molar-refractivity contribution in [2.24, 2.45) is 5.92 Å². The van der Waals surface area contributed by atoms with Gasteiger partial charge < -0.3 is 10.0 Å². The molecule has 3 saturated heterocycles. The molecule has 3 fully saturated rings. The quantitative estimate of drug-likeness (QED) is 0.835. The van der Waals surface area contributed by atoms with Gasteiger partial charge in [0.1, 0.15) is 0 Å². The van der Waals surface area contributed by atoms with E-state index in [0.29, 0.717) is 17.2 Å². The van der Waals surface area contributed by atoms with Gasteiger partial charge in [-0.1, -0.05) is 12.1 Å². The van der Waals surface area contributed by atoms with Crippen molar-refractivity contribution in [3.63, 3.8) is 0 Å². The number of rotatable bonds is 5. The van der Waals surface area contributed by atoms with E-state index in [1.165, 1.54) is 0 Å². The van der Waals surface area contributed by atoms with Crippen LogP contribution in [0, 0.1) is 5.92 Å². The predicted octanol–water partition coefficient (Wildman–Crippen LogP) is 0.594. The third kappa shape index (κ3) is 3.29. The van der Waals surface area contributed by atoms with E-state index >= 15 is 0 Å². The van der Waals surface area contributed by atoms with E-state index in [9.17, 15) is 8.42 Å². The molecule has 1 atom stereocenters. The fraction of sp³-hybridized carbons (Fsp3) is 0.600. The molecular weight excluding hydrogens is 288 g/mol. The van der Waals surface area contributed by atoms with Gasteiger partial charge in [-0.3, -0.25) is 0 Å². The lowest BCUT2D eigenvalue weighted by atomic mass is 9.85. The fourth-order valence-corrected chi connectivity index (χ4v) is 4.63. The van der Waals surface area contributed by atoms with Crippen LogP contribution in [-0.4, -0.2) is 50.7 Å². The molecule has 0 spiro atoms. The summed E-state index contributed by atoms with van der Waals surface area (Å²) in [5, 5.41) is 8.89. The Balaban J connectivity index is 1.71. The van der Waals surface area contributed by atoms with Gasteiger partial charge in [-0.05, 0) is 56.0 Å². The van der Waals surface area contributed by atoms with Crippen molar-refractivity contribution in [2.75, 3.05) is 26.2 Å². The van der Waals surface area contributed by atoms with Crippen molar-refractivity contribution < 1.29 is 13.5 Å². The number of aliphatic hydroxyl groups is 1. The van der Waals surface area contributed by atoms with Crippen LogP contribution < -0.4 is 4.72 Å². The first kappa shape index (κ1) is 15.0. The Morgan fingerprint density at radius 3 is 2.38 bits per heavy atom. The SMILES string of the molecule is O=S(=O)(NC1CN2CCC1CC2)c1ccc(CCO)cc1. The molecular formula is C15H22N2O3S. The minimum absolute atomic E-state index is 0.0367. The van der Waals surface area contributed by atoms with Crippen LogP contribution in [0.15, 0.2) is 29.2 Å². The second-order valence-corrected chi connectivity index (χ2v) is 7.70. The highest BCUT2D eigenvalue weighted by Crippen LogP contribution is 2.28. The normalized spacial score (nSPS) is 28.7. The highest BCUT2D eigenvalue weighted by molar-refractivity contribution is 7.89. The second-order valence-electron chi connectivity index (χ2n) is 5.98. The van der Waals surface area contributed by atoms with E-state index in [4.69, 9.17) is 5.11 Å². The van der Waals surface area contributed by atoms with Crippen molar-refractivity contribution in [3.05, 3.63) is 29.8 Å². The summed E-state index contributed by atoms with van der Waals surface area (Å²) in [4.78, 5) is 2.64. The Labute approximate surface area is 126 Å². The lowest BCUT2D eigenvalue weighted by Crippen LogP contribution is -2.57. The maximum atomic E-state index is 12.5. The summed E-state index contributed by atoms with van der Waals surface area (Å²) in [6, 6.07) is 6.81. The standard InChI is InChI=1S/C15H22N2O3S/c18-10-7-12-1-3-14(4-2-12)21(19,20)16-15-11-17-8-5-13(15)6-9-17/h1-4,13,15-16,18H,5-11H2. The predicted molar refractivity (Wildman–Crippen MR) is 80.5 cm³/mol. The van der Waals surface area contributed by atoms with Crippen molar-refractivity contribution in [1.82, 2.24) is 9.62 Å². The second kappa shape index (κ2) is 6.04. The minimum Gasteiger partial charge on any atom is -0.396 e. The van der Waals surface area contributed by atoms with Gasteiger partial charge >= 0.3 is 0 Å². The average molecular weight is 310 g/mol. The lowest BCUT2D eigenvalue weighted by molar-refractivity contribution is 0.0827. The van der Waals surface area contributed by atoms with Crippen LogP contribution in [0.1, 0.15) is 18.4 Å². The van der Waals surface area contributed by atoms with Gasteiger partial charge in [-0.2, -0.15) is 0 Å². The smallest absolute Gasteiger partial charge is 0.240 e.